The topological polar surface area (TPSA) is 58.6 Å². The van der Waals surface area contributed by atoms with Crippen LogP contribution in [0.25, 0.3) is 0 Å². The van der Waals surface area contributed by atoms with Gasteiger partial charge in [0.2, 0.25) is 5.91 Å². The normalized spacial score (nSPS) is 17.7. The number of rotatable bonds is 6. The van der Waals surface area contributed by atoms with E-state index in [9.17, 15) is 9.59 Å². The molecular formula is C17H24N2O3. The van der Waals surface area contributed by atoms with E-state index in [4.69, 9.17) is 4.74 Å². The van der Waals surface area contributed by atoms with Crippen molar-refractivity contribution in [3.63, 3.8) is 0 Å². The van der Waals surface area contributed by atoms with E-state index in [0.29, 0.717) is 13.1 Å². The highest BCUT2D eigenvalue weighted by atomic mass is 16.6. The second-order valence-electron chi connectivity index (χ2n) is 5.71. The Morgan fingerprint density at radius 3 is 2.55 bits per heavy atom. The van der Waals surface area contributed by atoms with Crippen molar-refractivity contribution in [1.82, 2.24) is 5.32 Å². The summed E-state index contributed by atoms with van der Waals surface area (Å²) in [6, 6.07) is 7.74. The number of amides is 2. The maximum atomic E-state index is 12.0. The Kier molecular flexibility index (Phi) is 5.41. The first kappa shape index (κ1) is 16.3. The van der Waals surface area contributed by atoms with E-state index >= 15 is 0 Å². The minimum Gasteiger partial charge on any atom is -0.442 e. The maximum absolute atomic E-state index is 12.0. The molecule has 1 aliphatic rings. The van der Waals surface area contributed by atoms with Crippen LogP contribution in [0.2, 0.25) is 0 Å². The molecule has 0 bridgehead atoms. The van der Waals surface area contributed by atoms with Gasteiger partial charge in [-0.2, -0.15) is 0 Å². The molecular weight excluding hydrogens is 280 g/mol. The Balaban J connectivity index is 1.90. The Morgan fingerprint density at radius 1 is 1.32 bits per heavy atom. The highest BCUT2D eigenvalue weighted by molar-refractivity contribution is 5.89. The highest BCUT2D eigenvalue weighted by Gasteiger charge is 2.32. The van der Waals surface area contributed by atoms with Crippen LogP contribution in [0, 0.1) is 12.8 Å². The van der Waals surface area contributed by atoms with E-state index < -0.39 is 0 Å². The fourth-order valence-corrected chi connectivity index (χ4v) is 2.58. The van der Waals surface area contributed by atoms with Crippen LogP contribution in [-0.2, 0) is 9.53 Å². The van der Waals surface area contributed by atoms with Crippen LogP contribution >= 0.6 is 0 Å². The van der Waals surface area contributed by atoms with Crippen LogP contribution in [0.3, 0.4) is 0 Å². The van der Waals surface area contributed by atoms with Gasteiger partial charge in [-0.15, -0.1) is 0 Å². The summed E-state index contributed by atoms with van der Waals surface area (Å²) < 4.78 is 5.33. The molecule has 2 amide bonds. The van der Waals surface area contributed by atoms with Crippen LogP contribution in [0.1, 0.15) is 32.3 Å². The van der Waals surface area contributed by atoms with Gasteiger partial charge in [0.25, 0.3) is 0 Å². The van der Waals surface area contributed by atoms with Gasteiger partial charge in [0.05, 0.1) is 13.1 Å². The monoisotopic (exact) mass is 304 g/mol. The number of hydrogen-bond acceptors (Lipinski definition) is 3. The van der Waals surface area contributed by atoms with Crippen molar-refractivity contribution < 1.29 is 14.3 Å². The average molecular weight is 304 g/mol. The molecule has 1 aliphatic heterocycles. The summed E-state index contributed by atoms with van der Waals surface area (Å²) in [5.74, 6) is 0.0696. The third-order valence-electron chi connectivity index (χ3n) is 4.08. The zero-order chi connectivity index (χ0) is 16.1. The third-order valence-corrected chi connectivity index (χ3v) is 4.08. The van der Waals surface area contributed by atoms with Crippen molar-refractivity contribution in [2.45, 2.75) is 39.7 Å². The zero-order valence-electron chi connectivity index (χ0n) is 13.5. The number of carbonyl (C=O) groups is 2. The first-order chi connectivity index (χ1) is 10.5. The van der Waals surface area contributed by atoms with Gasteiger partial charge >= 0.3 is 6.09 Å². The fraction of sp³-hybridized carbons (Fsp3) is 0.529. The van der Waals surface area contributed by atoms with Crippen molar-refractivity contribution >= 4 is 17.7 Å². The minimum absolute atomic E-state index is 0.0327. The van der Waals surface area contributed by atoms with Crippen LogP contribution in [0.4, 0.5) is 10.5 Å². The molecule has 120 valence electrons. The lowest BCUT2D eigenvalue weighted by molar-refractivity contribution is -0.125. The zero-order valence-corrected chi connectivity index (χ0v) is 13.5. The largest absolute Gasteiger partial charge is 0.442 e. The van der Waals surface area contributed by atoms with Crippen molar-refractivity contribution in [3.8, 4) is 0 Å². The number of anilines is 1. The first-order valence-corrected chi connectivity index (χ1v) is 7.87. The molecule has 0 aliphatic carbocycles. The number of nitrogens with zero attached hydrogens (tertiary/aromatic N) is 1. The summed E-state index contributed by atoms with van der Waals surface area (Å²) in [7, 11) is 0. The Morgan fingerprint density at radius 2 is 1.95 bits per heavy atom. The molecule has 1 unspecified atom stereocenters. The number of cyclic esters (lactones) is 1. The van der Waals surface area contributed by atoms with E-state index in [0.717, 1.165) is 24.1 Å². The van der Waals surface area contributed by atoms with E-state index in [1.807, 2.05) is 45.0 Å². The summed E-state index contributed by atoms with van der Waals surface area (Å²) in [5.41, 5.74) is 1.97. The Bertz CT molecular complexity index is 523. The van der Waals surface area contributed by atoms with Crippen molar-refractivity contribution in [1.29, 1.82) is 0 Å². The molecule has 1 aromatic rings. The number of nitrogens with one attached hydrogen (secondary N) is 1. The summed E-state index contributed by atoms with van der Waals surface area (Å²) in [6.07, 6.45) is 0.989. The second kappa shape index (κ2) is 7.29. The standard InChI is InChI=1S/C17H24N2O3/c1-4-13(5-2)16(20)18-10-15-11-19(17(21)22-15)14-8-6-12(3)7-9-14/h6-9,13,15H,4-5,10-11H2,1-3H3,(H,18,20). The van der Waals surface area contributed by atoms with Crippen molar-refractivity contribution in [3.05, 3.63) is 29.8 Å². The molecule has 2 rings (SSSR count). The van der Waals surface area contributed by atoms with Crippen LogP contribution in [0.15, 0.2) is 24.3 Å². The van der Waals surface area contributed by atoms with Gasteiger partial charge in [-0.1, -0.05) is 31.5 Å². The van der Waals surface area contributed by atoms with Crippen LogP contribution < -0.4 is 10.2 Å². The molecule has 0 radical (unpaired) electrons. The number of benzene rings is 1. The van der Waals surface area contributed by atoms with Gasteiger partial charge in [-0.25, -0.2) is 4.79 Å². The maximum Gasteiger partial charge on any atom is 0.414 e. The summed E-state index contributed by atoms with van der Waals surface area (Å²) >= 11 is 0. The first-order valence-electron chi connectivity index (χ1n) is 7.87. The number of hydrogen-bond donors (Lipinski definition) is 1. The van der Waals surface area contributed by atoms with Gasteiger partial charge in [0.1, 0.15) is 6.10 Å². The lowest BCUT2D eigenvalue weighted by atomic mass is 10.0. The van der Waals surface area contributed by atoms with Gasteiger partial charge in [0.15, 0.2) is 0 Å². The number of aryl methyl sites for hydroxylation is 1. The predicted octanol–water partition coefficient (Wildman–Crippen LogP) is 2.87. The van der Waals surface area contributed by atoms with E-state index in [1.165, 1.54) is 0 Å². The quantitative estimate of drug-likeness (QED) is 0.879. The smallest absolute Gasteiger partial charge is 0.414 e. The minimum atomic E-state index is -0.356. The SMILES string of the molecule is CCC(CC)C(=O)NCC1CN(c2ccc(C)cc2)C(=O)O1. The van der Waals surface area contributed by atoms with Gasteiger partial charge in [-0.3, -0.25) is 9.69 Å². The predicted molar refractivity (Wildman–Crippen MR) is 85.9 cm³/mol. The summed E-state index contributed by atoms with van der Waals surface area (Å²) in [4.78, 5) is 25.5. The van der Waals surface area contributed by atoms with Crippen molar-refractivity contribution in [2.75, 3.05) is 18.0 Å². The molecule has 1 aromatic carbocycles. The molecule has 1 fully saturated rings. The fourth-order valence-electron chi connectivity index (χ4n) is 2.58. The lowest BCUT2D eigenvalue weighted by Crippen LogP contribution is -2.37. The van der Waals surface area contributed by atoms with E-state index in [1.54, 1.807) is 4.90 Å². The van der Waals surface area contributed by atoms with Crippen LogP contribution in [-0.4, -0.2) is 31.2 Å². The molecule has 0 saturated carbocycles. The molecule has 1 atom stereocenters. The van der Waals surface area contributed by atoms with Crippen LogP contribution in [0.5, 0.6) is 0 Å². The highest BCUT2D eigenvalue weighted by Crippen LogP contribution is 2.21. The second-order valence-corrected chi connectivity index (χ2v) is 5.71. The summed E-state index contributed by atoms with van der Waals surface area (Å²) in [5, 5.41) is 2.89. The summed E-state index contributed by atoms with van der Waals surface area (Å²) in [6.45, 7) is 6.84. The Labute approximate surface area is 131 Å². The van der Waals surface area contributed by atoms with E-state index in [-0.39, 0.29) is 24.0 Å². The molecule has 22 heavy (non-hydrogen) atoms. The molecule has 5 nitrogen and oxygen atoms in total. The third kappa shape index (κ3) is 3.78. The molecule has 1 saturated heterocycles. The number of ether oxygens (including phenoxy) is 1. The molecule has 0 spiro atoms. The lowest BCUT2D eigenvalue weighted by Gasteiger charge is -2.15. The molecule has 5 heteroatoms. The van der Waals surface area contributed by atoms with E-state index in [2.05, 4.69) is 5.32 Å². The van der Waals surface area contributed by atoms with Gasteiger partial charge in [-0.05, 0) is 31.9 Å². The average Bonchev–Trinajstić information content (AvgIpc) is 2.88. The van der Waals surface area contributed by atoms with Crippen molar-refractivity contribution in [2.24, 2.45) is 5.92 Å². The molecule has 1 heterocycles. The molecule has 1 N–H and O–H groups in total. The van der Waals surface area contributed by atoms with Gasteiger partial charge < -0.3 is 10.1 Å². The number of carbonyl (C=O) groups excluding carboxylic acids is 2. The molecule has 0 aromatic heterocycles. The van der Waals surface area contributed by atoms with Gasteiger partial charge in [0, 0.05) is 11.6 Å². The Hall–Kier alpha value is -2.04.